The number of rotatable bonds is 6. The highest BCUT2D eigenvalue weighted by Gasteiger charge is 1.97. The standard InChI is InChI=1S/C14H18N2O2/c1-18-11-10-16-14(17)12-15-9-5-8-13-6-3-2-4-7-13/h2-4,6-7,15H,9-12H2,1H3,(H,16,17). The second kappa shape index (κ2) is 9.23. The Bertz CT molecular complexity index is 407. The summed E-state index contributed by atoms with van der Waals surface area (Å²) in [5, 5.41) is 5.67. The molecule has 0 saturated heterocycles. The molecule has 18 heavy (non-hydrogen) atoms. The fraction of sp³-hybridized carbons (Fsp3) is 0.357. The van der Waals surface area contributed by atoms with Gasteiger partial charge in [-0.05, 0) is 12.1 Å². The van der Waals surface area contributed by atoms with Gasteiger partial charge in [-0.2, -0.15) is 0 Å². The molecule has 4 nitrogen and oxygen atoms in total. The minimum atomic E-state index is -0.0476. The molecule has 4 heteroatoms. The van der Waals surface area contributed by atoms with E-state index in [9.17, 15) is 4.79 Å². The zero-order chi connectivity index (χ0) is 13.1. The summed E-state index contributed by atoms with van der Waals surface area (Å²) in [6.07, 6.45) is 0. The molecule has 0 aliphatic heterocycles. The van der Waals surface area contributed by atoms with E-state index in [4.69, 9.17) is 4.74 Å². The summed E-state index contributed by atoms with van der Waals surface area (Å²) in [6, 6.07) is 9.74. The molecule has 0 spiro atoms. The van der Waals surface area contributed by atoms with Crippen molar-refractivity contribution in [2.45, 2.75) is 0 Å². The fourth-order valence-corrected chi connectivity index (χ4v) is 1.26. The van der Waals surface area contributed by atoms with Crippen LogP contribution < -0.4 is 10.6 Å². The monoisotopic (exact) mass is 246 g/mol. The maximum atomic E-state index is 11.3. The fourth-order valence-electron chi connectivity index (χ4n) is 1.26. The van der Waals surface area contributed by atoms with Crippen LogP contribution in [-0.2, 0) is 9.53 Å². The molecule has 0 saturated carbocycles. The van der Waals surface area contributed by atoms with Crippen molar-refractivity contribution in [3.8, 4) is 11.8 Å². The maximum Gasteiger partial charge on any atom is 0.234 e. The van der Waals surface area contributed by atoms with Crippen molar-refractivity contribution in [1.29, 1.82) is 0 Å². The van der Waals surface area contributed by atoms with Gasteiger partial charge >= 0.3 is 0 Å². The molecule has 0 heterocycles. The lowest BCUT2D eigenvalue weighted by Gasteiger charge is -2.03. The largest absolute Gasteiger partial charge is 0.383 e. The Kier molecular flexibility index (Phi) is 7.29. The summed E-state index contributed by atoms with van der Waals surface area (Å²) < 4.78 is 4.83. The SMILES string of the molecule is COCCNC(=O)CNCC#Cc1ccccc1. The van der Waals surface area contributed by atoms with Crippen LogP contribution >= 0.6 is 0 Å². The molecule has 0 aromatic heterocycles. The normalized spacial score (nSPS) is 9.39. The summed E-state index contributed by atoms with van der Waals surface area (Å²) in [7, 11) is 1.60. The van der Waals surface area contributed by atoms with Crippen molar-refractivity contribution in [3.05, 3.63) is 35.9 Å². The lowest BCUT2D eigenvalue weighted by atomic mass is 10.2. The number of amides is 1. The van der Waals surface area contributed by atoms with Crippen LogP contribution in [0.5, 0.6) is 0 Å². The van der Waals surface area contributed by atoms with Crippen LogP contribution in [0.25, 0.3) is 0 Å². The molecule has 1 aromatic rings. The Morgan fingerprint density at radius 1 is 1.33 bits per heavy atom. The zero-order valence-corrected chi connectivity index (χ0v) is 10.5. The van der Waals surface area contributed by atoms with E-state index in [1.54, 1.807) is 7.11 Å². The molecule has 0 aliphatic carbocycles. The summed E-state index contributed by atoms with van der Waals surface area (Å²) in [5.41, 5.74) is 0.976. The molecular formula is C14H18N2O2. The minimum absolute atomic E-state index is 0.0476. The first-order valence-electron chi connectivity index (χ1n) is 5.83. The predicted molar refractivity (Wildman–Crippen MR) is 71.1 cm³/mol. The number of ether oxygens (including phenoxy) is 1. The average Bonchev–Trinajstić information content (AvgIpc) is 2.40. The Morgan fingerprint density at radius 3 is 2.83 bits per heavy atom. The van der Waals surface area contributed by atoms with Crippen molar-refractivity contribution in [1.82, 2.24) is 10.6 Å². The van der Waals surface area contributed by atoms with Gasteiger partial charge in [-0.25, -0.2) is 0 Å². The van der Waals surface area contributed by atoms with Crippen LogP contribution in [0.3, 0.4) is 0 Å². The number of methoxy groups -OCH3 is 1. The van der Waals surface area contributed by atoms with Gasteiger partial charge in [0.2, 0.25) is 5.91 Å². The molecule has 0 unspecified atom stereocenters. The third-order valence-corrected chi connectivity index (χ3v) is 2.13. The number of hydrogen-bond acceptors (Lipinski definition) is 3. The van der Waals surface area contributed by atoms with Crippen molar-refractivity contribution in [3.63, 3.8) is 0 Å². The number of carbonyl (C=O) groups is 1. The summed E-state index contributed by atoms with van der Waals surface area (Å²) in [6.45, 7) is 1.83. The van der Waals surface area contributed by atoms with Gasteiger partial charge in [-0.1, -0.05) is 30.0 Å². The van der Waals surface area contributed by atoms with Gasteiger partial charge in [0.1, 0.15) is 0 Å². The van der Waals surface area contributed by atoms with E-state index in [0.717, 1.165) is 5.56 Å². The molecule has 0 atom stereocenters. The van der Waals surface area contributed by atoms with Gasteiger partial charge in [0, 0.05) is 19.2 Å². The average molecular weight is 246 g/mol. The van der Waals surface area contributed by atoms with E-state index in [1.165, 1.54) is 0 Å². The lowest BCUT2D eigenvalue weighted by molar-refractivity contribution is -0.120. The third-order valence-electron chi connectivity index (χ3n) is 2.13. The van der Waals surface area contributed by atoms with Gasteiger partial charge in [-0.15, -0.1) is 0 Å². The first-order chi connectivity index (χ1) is 8.83. The van der Waals surface area contributed by atoms with E-state index in [0.29, 0.717) is 19.7 Å². The molecule has 2 N–H and O–H groups in total. The molecule has 1 rings (SSSR count). The Labute approximate surface area is 108 Å². The number of carbonyl (C=O) groups excluding carboxylic acids is 1. The van der Waals surface area contributed by atoms with Crippen LogP contribution in [0.4, 0.5) is 0 Å². The van der Waals surface area contributed by atoms with Gasteiger partial charge in [0.05, 0.1) is 19.7 Å². The highest BCUT2D eigenvalue weighted by molar-refractivity contribution is 5.77. The van der Waals surface area contributed by atoms with Crippen molar-refractivity contribution in [2.24, 2.45) is 0 Å². The van der Waals surface area contributed by atoms with E-state index in [-0.39, 0.29) is 12.5 Å². The van der Waals surface area contributed by atoms with Gasteiger partial charge < -0.3 is 10.1 Å². The molecule has 0 aliphatic rings. The van der Waals surface area contributed by atoms with E-state index in [2.05, 4.69) is 22.5 Å². The molecule has 1 aromatic carbocycles. The molecular weight excluding hydrogens is 228 g/mol. The maximum absolute atomic E-state index is 11.3. The van der Waals surface area contributed by atoms with E-state index in [1.807, 2.05) is 30.3 Å². The molecule has 0 fully saturated rings. The lowest BCUT2D eigenvalue weighted by Crippen LogP contribution is -2.35. The van der Waals surface area contributed by atoms with Gasteiger partial charge in [0.25, 0.3) is 0 Å². The smallest absolute Gasteiger partial charge is 0.234 e. The third kappa shape index (κ3) is 6.69. The van der Waals surface area contributed by atoms with Crippen LogP contribution in [0.2, 0.25) is 0 Å². The highest BCUT2D eigenvalue weighted by Crippen LogP contribution is 1.93. The minimum Gasteiger partial charge on any atom is -0.383 e. The highest BCUT2D eigenvalue weighted by atomic mass is 16.5. The van der Waals surface area contributed by atoms with Crippen LogP contribution in [0, 0.1) is 11.8 Å². The van der Waals surface area contributed by atoms with Gasteiger partial charge in [-0.3, -0.25) is 10.1 Å². The summed E-state index contributed by atoms with van der Waals surface area (Å²) in [5.74, 6) is 5.92. The van der Waals surface area contributed by atoms with Crippen LogP contribution in [0.15, 0.2) is 30.3 Å². The molecule has 96 valence electrons. The number of benzene rings is 1. The summed E-state index contributed by atoms with van der Waals surface area (Å²) in [4.78, 5) is 11.3. The predicted octanol–water partition coefficient (Wildman–Crippen LogP) is 0.390. The van der Waals surface area contributed by atoms with Crippen LogP contribution in [-0.4, -0.2) is 39.3 Å². The Hall–Kier alpha value is -1.83. The second-order valence-corrected chi connectivity index (χ2v) is 3.61. The quantitative estimate of drug-likeness (QED) is 0.564. The van der Waals surface area contributed by atoms with Crippen molar-refractivity contribution >= 4 is 5.91 Å². The van der Waals surface area contributed by atoms with Crippen molar-refractivity contribution in [2.75, 3.05) is 33.4 Å². The first kappa shape index (κ1) is 14.2. The van der Waals surface area contributed by atoms with E-state index < -0.39 is 0 Å². The molecule has 0 radical (unpaired) electrons. The van der Waals surface area contributed by atoms with E-state index >= 15 is 0 Å². The van der Waals surface area contributed by atoms with Crippen LogP contribution in [0.1, 0.15) is 5.56 Å². The van der Waals surface area contributed by atoms with Crippen molar-refractivity contribution < 1.29 is 9.53 Å². The second-order valence-electron chi connectivity index (χ2n) is 3.61. The Balaban J connectivity index is 2.12. The first-order valence-corrected chi connectivity index (χ1v) is 5.83. The van der Waals surface area contributed by atoms with Gasteiger partial charge in [0.15, 0.2) is 0 Å². The zero-order valence-electron chi connectivity index (χ0n) is 10.5. The Morgan fingerprint density at radius 2 is 2.11 bits per heavy atom. The number of nitrogens with one attached hydrogen (secondary N) is 2. The topological polar surface area (TPSA) is 50.4 Å². The number of hydrogen-bond donors (Lipinski definition) is 2. The molecule has 0 bridgehead atoms. The summed E-state index contributed by atoms with van der Waals surface area (Å²) >= 11 is 0. The molecule has 1 amide bonds.